The Balaban J connectivity index is 1.82. The van der Waals surface area contributed by atoms with Crippen molar-refractivity contribution >= 4 is 11.9 Å². The SMILES string of the molecule is C=C1COC(=O)C12CC1CC[C@H](OC(=O)/C(C)=C/C)[C@@H](C)[C@]1(C)C2. The lowest BCUT2D eigenvalue weighted by molar-refractivity contribution is -0.155. The number of allylic oxidation sites excluding steroid dienone is 1. The van der Waals surface area contributed by atoms with Crippen LogP contribution in [0.4, 0.5) is 0 Å². The predicted octanol–water partition coefficient (Wildman–Crippen LogP) is 3.81. The van der Waals surface area contributed by atoms with Crippen LogP contribution in [0.3, 0.4) is 0 Å². The van der Waals surface area contributed by atoms with E-state index in [2.05, 4.69) is 20.4 Å². The molecule has 3 aliphatic rings. The average molecular weight is 332 g/mol. The van der Waals surface area contributed by atoms with Crippen molar-refractivity contribution in [3.05, 3.63) is 23.8 Å². The van der Waals surface area contributed by atoms with Crippen molar-refractivity contribution in [2.24, 2.45) is 22.7 Å². The fraction of sp³-hybridized carbons (Fsp3) is 0.700. The lowest BCUT2D eigenvalue weighted by Crippen LogP contribution is -2.44. The Bertz CT molecular complexity index is 601. The number of esters is 2. The summed E-state index contributed by atoms with van der Waals surface area (Å²) in [6.45, 7) is 12.5. The molecule has 2 saturated carbocycles. The highest BCUT2D eigenvalue weighted by molar-refractivity contribution is 5.87. The topological polar surface area (TPSA) is 52.6 Å². The monoisotopic (exact) mass is 332 g/mol. The Morgan fingerprint density at radius 3 is 2.71 bits per heavy atom. The molecule has 3 fully saturated rings. The molecule has 1 aliphatic heterocycles. The molecule has 0 radical (unpaired) electrons. The molecule has 0 amide bonds. The Hall–Kier alpha value is -1.58. The molecule has 3 rings (SSSR count). The zero-order chi connectivity index (χ0) is 17.7. The Morgan fingerprint density at radius 1 is 1.42 bits per heavy atom. The third-order valence-electron chi connectivity index (χ3n) is 7.07. The standard InChI is InChI=1S/C20H28O4/c1-6-12(2)17(21)24-16-8-7-15-9-20(11-19(15,5)14(16)4)13(3)10-23-18(20)22/h6,14-16H,3,7-11H2,1-2,4-5H3/b12-6+/t14-,15?,16+,19+,20?/m1/s1. The molecule has 4 nitrogen and oxygen atoms in total. The molecule has 0 aromatic rings. The van der Waals surface area contributed by atoms with Crippen molar-refractivity contribution in [3.8, 4) is 0 Å². The number of ether oxygens (including phenoxy) is 2. The number of fused-ring (bicyclic) bond motifs is 1. The summed E-state index contributed by atoms with van der Waals surface area (Å²) in [6, 6.07) is 0. The Morgan fingerprint density at radius 2 is 2.12 bits per heavy atom. The van der Waals surface area contributed by atoms with Gasteiger partial charge in [-0.3, -0.25) is 4.79 Å². The van der Waals surface area contributed by atoms with Gasteiger partial charge in [-0.1, -0.05) is 26.5 Å². The molecular formula is C20H28O4. The van der Waals surface area contributed by atoms with Crippen molar-refractivity contribution in [1.29, 1.82) is 0 Å². The summed E-state index contributed by atoms with van der Waals surface area (Å²) in [5.41, 5.74) is 1.03. The van der Waals surface area contributed by atoms with Gasteiger partial charge in [-0.15, -0.1) is 0 Å². The van der Waals surface area contributed by atoms with E-state index in [4.69, 9.17) is 9.47 Å². The highest BCUT2D eigenvalue weighted by Crippen LogP contribution is 2.65. The first-order valence-electron chi connectivity index (χ1n) is 8.94. The molecule has 0 aromatic heterocycles. The molecule has 1 heterocycles. The van der Waals surface area contributed by atoms with Crippen LogP contribution in [0.25, 0.3) is 0 Å². The number of carbonyl (C=O) groups excluding carboxylic acids is 2. The second-order valence-corrected chi connectivity index (χ2v) is 8.13. The molecular weight excluding hydrogens is 304 g/mol. The van der Waals surface area contributed by atoms with Gasteiger partial charge in [-0.2, -0.15) is 0 Å². The summed E-state index contributed by atoms with van der Waals surface area (Å²) in [4.78, 5) is 24.6. The van der Waals surface area contributed by atoms with Gasteiger partial charge in [0.1, 0.15) is 12.7 Å². The highest BCUT2D eigenvalue weighted by Gasteiger charge is 2.63. The lowest BCUT2D eigenvalue weighted by atomic mass is 9.62. The Labute approximate surface area is 144 Å². The predicted molar refractivity (Wildman–Crippen MR) is 91.1 cm³/mol. The summed E-state index contributed by atoms with van der Waals surface area (Å²) in [5.74, 6) is 0.334. The summed E-state index contributed by atoms with van der Waals surface area (Å²) < 4.78 is 11.1. The van der Waals surface area contributed by atoms with E-state index in [1.54, 1.807) is 13.0 Å². The normalized spacial score (nSPS) is 42.2. The maximum absolute atomic E-state index is 12.4. The van der Waals surface area contributed by atoms with E-state index in [0.717, 1.165) is 31.3 Å². The van der Waals surface area contributed by atoms with Crippen LogP contribution in [0.1, 0.15) is 53.4 Å². The molecule has 0 N–H and O–H groups in total. The number of carbonyl (C=O) groups is 2. The Kier molecular flexibility index (Phi) is 4.13. The summed E-state index contributed by atoms with van der Waals surface area (Å²) in [5, 5.41) is 0. The van der Waals surface area contributed by atoms with E-state index in [9.17, 15) is 9.59 Å². The first-order chi connectivity index (χ1) is 11.2. The van der Waals surface area contributed by atoms with Crippen LogP contribution < -0.4 is 0 Å². The van der Waals surface area contributed by atoms with Crippen LogP contribution >= 0.6 is 0 Å². The van der Waals surface area contributed by atoms with Crippen LogP contribution in [0, 0.1) is 22.7 Å². The van der Waals surface area contributed by atoms with Crippen molar-refractivity contribution < 1.29 is 19.1 Å². The molecule has 4 heteroatoms. The summed E-state index contributed by atoms with van der Waals surface area (Å²) in [7, 11) is 0. The van der Waals surface area contributed by atoms with Crippen LogP contribution in [-0.2, 0) is 19.1 Å². The fourth-order valence-corrected chi connectivity index (χ4v) is 5.03. The molecule has 1 saturated heterocycles. The maximum atomic E-state index is 12.4. The second kappa shape index (κ2) is 5.75. The number of rotatable bonds is 2. The van der Waals surface area contributed by atoms with Crippen molar-refractivity contribution in [2.75, 3.05) is 6.61 Å². The quantitative estimate of drug-likeness (QED) is 0.438. The van der Waals surface area contributed by atoms with E-state index in [1.165, 1.54) is 0 Å². The minimum absolute atomic E-state index is 0.0284. The third-order valence-corrected chi connectivity index (χ3v) is 7.07. The van der Waals surface area contributed by atoms with Gasteiger partial charge in [0, 0.05) is 5.57 Å². The van der Waals surface area contributed by atoms with E-state index in [-0.39, 0.29) is 29.4 Å². The zero-order valence-electron chi connectivity index (χ0n) is 15.2. The lowest BCUT2D eigenvalue weighted by Gasteiger charge is -2.46. The average Bonchev–Trinajstić information content (AvgIpc) is 3.02. The van der Waals surface area contributed by atoms with E-state index in [1.807, 2.05) is 6.92 Å². The first-order valence-corrected chi connectivity index (χ1v) is 8.94. The molecule has 2 unspecified atom stereocenters. The van der Waals surface area contributed by atoms with Gasteiger partial charge in [0.15, 0.2) is 0 Å². The van der Waals surface area contributed by atoms with Crippen LogP contribution in [0.2, 0.25) is 0 Å². The number of cyclic esters (lactones) is 1. The van der Waals surface area contributed by atoms with Gasteiger partial charge in [-0.25, -0.2) is 4.79 Å². The van der Waals surface area contributed by atoms with Crippen LogP contribution in [0.15, 0.2) is 23.8 Å². The highest BCUT2D eigenvalue weighted by atomic mass is 16.5. The first kappa shape index (κ1) is 17.2. The van der Waals surface area contributed by atoms with Gasteiger partial charge < -0.3 is 9.47 Å². The van der Waals surface area contributed by atoms with E-state index < -0.39 is 5.41 Å². The minimum atomic E-state index is -0.508. The zero-order valence-corrected chi connectivity index (χ0v) is 15.2. The summed E-state index contributed by atoms with van der Waals surface area (Å²) >= 11 is 0. The van der Waals surface area contributed by atoms with Crippen molar-refractivity contribution in [1.82, 2.24) is 0 Å². The smallest absolute Gasteiger partial charge is 0.333 e. The van der Waals surface area contributed by atoms with Gasteiger partial charge >= 0.3 is 11.9 Å². The van der Waals surface area contributed by atoms with Gasteiger partial charge in [0.05, 0.1) is 5.41 Å². The van der Waals surface area contributed by atoms with E-state index >= 15 is 0 Å². The molecule has 24 heavy (non-hydrogen) atoms. The summed E-state index contributed by atoms with van der Waals surface area (Å²) in [6.07, 6.45) is 5.14. The molecule has 132 valence electrons. The number of hydrogen-bond acceptors (Lipinski definition) is 4. The maximum Gasteiger partial charge on any atom is 0.333 e. The van der Waals surface area contributed by atoms with Gasteiger partial charge in [-0.05, 0) is 62.4 Å². The van der Waals surface area contributed by atoms with Gasteiger partial charge in [0.25, 0.3) is 0 Å². The largest absolute Gasteiger partial charge is 0.460 e. The molecule has 1 spiro atoms. The van der Waals surface area contributed by atoms with Crippen molar-refractivity contribution in [2.45, 2.75) is 59.5 Å². The van der Waals surface area contributed by atoms with Crippen LogP contribution in [-0.4, -0.2) is 24.6 Å². The minimum Gasteiger partial charge on any atom is -0.460 e. The molecule has 0 bridgehead atoms. The van der Waals surface area contributed by atoms with Crippen molar-refractivity contribution in [3.63, 3.8) is 0 Å². The molecule has 2 aliphatic carbocycles. The van der Waals surface area contributed by atoms with Crippen LogP contribution in [0.5, 0.6) is 0 Å². The molecule has 0 aromatic carbocycles. The van der Waals surface area contributed by atoms with Gasteiger partial charge in [0.2, 0.25) is 0 Å². The number of hydrogen-bond donors (Lipinski definition) is 0. The molecule has 5 atom stereocenters. The van der Waals surface area contributed by atoms with E-state index in [0.29, 0.717) is 18.1 Å². The fourth-order valence-electron chi connectivity index (χ4n) is 5.03. The third kappa shape index (κ3) is 2.34. The second-order valence-electron chi connectivity index (χ2n) is 8.13.